The van der Waals surface area contributed by atoms with Gasteiger partial charge in [-0.3, -0.25) is 0 Å². The van der Waals surface area contributed by atoms with Crippen LogP contribution < -0.4 is 10.5 Å². The normalized spacial score (nSPS) is 12.1. The van der Waals surface area contributed by atoms with Crippen LogP contribution in [0.25, 0.3) is 0 Å². The molecule has 0 aliphatic rings. The van der Waals surface area contributed by atoms with Crippen LogP contribution in [0.5, 0.6) is 11.5 Å². The maximum atomic E-state index is 12.1. The van der Waals surface area contributed by atoms with E-state index in [-0.39, 0.29) is 29.5 Å². The number of halogens is 3. The molecule has 0 aliphatic carbocycles. The van der Waals surface area contributed by atoms with Gasteiger partial charge in [0.1, 0.15) is 0 Å². The molecule has 3 N–H and O–H groups in total. The molecule has 6 heteroatoms. The van der Waals surface area contributed by atoms with E-state index >= 15 is 0 Å². The molecule has 0 heterocycles. The minimum atomic E-state index is -2.49. The quantitative estimate of drug-likeness (QED) is 0.867. The second-order valence-electron chi connectivity index (χ2n) is 3.13. The van der Waals surface area contributed by atoms with E-state index < -0.39 is 18.9 Å². The van der Waals surface area contributed by atoms with Crippen molar-refractivity contribution in [3.8, 4) is 11.5 Å². The number of rotatable bonds is 4. The highest BCUT2D eigenvalue weighted by Crippen LogP contribution is 2.34. The minimum absolute atomic E-state index is 0. The van der Waals surface area contributed by atoms with Crippen LogP contribution in [0.4, 0.5) is 8.78 Å². The van der Waals surface area contributed by atoms with Crippen molar-refractivity contribution in [2.45, 2.75) is 18.9 Å². The van der Waals surface area contributed by atoms with Crippen LogP contribution in [-0.4, -0.2) is 18.6 Å². The third-order valence-corrected chi connectivity index (χ3v) is 2.08. The summed E-state index contributed by atoms with van der Waals surface area (Å²) < 4.78 is 29.0. The largest absolute Gasteiger partial charge is 0.504 e. The second-order valence-corrected chi connectivity index (χ2v) is 3.13. The molecule has 0 radical (unpaired) electrons. The zero-order valence-electron chi connectivity index (χ0n) is 8.69. The number of hydrogen-bond acceptors (Lipinski definition) is 3. The lowest BCUT2D eigenvalue weighted by atomic mass is 10.0. The molecule has 92 valence electrons. The SMILES string of the molecule is COc1cccc([C@@H](N)CC(F)F)c1O.Cl. The molecule has 0 amide bonds. The van der Waals surface area contributed by atoms with Gasteiger partial charge in [-0.05, 0) is 6.07 Å². The summed E-state index contributed by atoms with van der Waals surface area (Å²) >= 11 is 0. The van der Waals surface area contributed by atoms with Crippen LogP contribution in [-0.2, 0) is 0 Å². The topological polar surface area (TPSA) is 55.5 Å². The Morgan fingerprint density at radius 2 is 2.06 bits per heavy atom. The summed E-state index contributed by atoms with van der Waals surface area (Å²) in [5.41, 5.74) is 5.80. The van der Waals surface area contributed by atoms with Crippen LogP contribution >= 0.6 is 12.4 Å². The van der Waals surface area contributed by atoms with E-state index in [1.54, 1.807) is 6.07 Å². The number of benzene rings is 1. The van der Waals surface area contributed by atoms with E-state index in [0.717, 1.165) is 0 Å². The van der Waals surface area contributed by atoms with Gasteiger partial charge in [-0.2, -0.15) is 0 Å². The number of phenolic OH excluding ortho intramolecular Hbond substituents is 1. The third-order valence-electron chi connectivity index (χ3n) is 2.08. The molecule has 1 rings (SSSR count). The van der Waals surface area contributed by atoms with E-state index in [2.05, 4.69) is 0 Å². The van der Waals surface area contributed by atoms with Crippen LogP contribution in [0.15, 0.2) is 18.2 Å². The van der Waals surface area contributed by atoms with Gasteiger partial charge in [0.05, 0.1) is 7.11 Å². The molecule has 3 nitrogen and oxygen atoms in total. The Morgan fingerprint density at radius 1 is 1.44 bits per heavy atom. The van der Waals surface area contributed by atoms with E-state index in [4.69, 9.17) is 10.5 Å². The Balaban J connectivity index is 0.00000225. The molecule has 1 atom stereocenters. The summed E-state index contributed by atoms with van der Waals surface area (Å²) in [6, 6.07) is 3.75. The van der Waals surface area contributed by atoms with Crippen LogP contribution in [0.1, 0.15) is 18.0 Å². The maximum absolute atomic E-state index is 12.1. The van der Waals surface area contributed by atoms with Crippen molar-refractivity contribution in [2.24, 2.45) is 5.73 Å². The lowest BCUT2D eigenvalue weighted by Gasteiger charge is -2.14. The molecule has 0 saturated carbocycles. The number of phenols is 1. The average molecular weight is 254 g/mol. The Hall–Kier alpha value is -1.07. The average Bonchev–Trinajstić information content (AvgIpc) is 2.17. The highest BCUT2D eigenvalue weighted by atomic mass is 35.5. The fraction of sp³-hybridized carbons (Fsp3) is 0.400. The summed E-state index contributed by atoms with van der Waals surface area (Å²) in [5, 5.41) is 9.62. The Bertz CT molecular complexity index is 337. The van der Waals surface area contributed by atoms with Crippen molar-refractivity contribution in [2.75, 3.05) is 7.11 Å². The summed E-state index contributed by atoms with van der Waals surface area (Å²) in [7, 11) is 1.39. The lowest BCUT2D eigenvalue weighted by molar-refractivity contribution is 0.128. The smallest absolute Gasteiger partial charge is 0.240 e. The zero-order valence-corrected chi connectivity index (χ0v) is 9.51. The first kappa shape index (κ1) is 14.9. The predicted molar refractivity (Wildman–Crippen MR) is 59.5 cm³/mol. The Labute approximate surface area is 98.6 Å². The maximum Gasteiger partial charge on any atom is 0.240 e. The van der Waals surface area contributed by atoms with Crippen LogP contribution in [0.3, 0.4) is 0 Å². The molecule has 16 heavy (non-hydrogen) atoms. The highest BCUT2D eigenvalue weighted by molar-refractivity contribution is 5.85. The molecule has 1 aromatic carbocycles. The number of hydrogen-bond donors (Lipinski definition) is 2. The van der Waals surface area contributed by atoms with Gasteiger partial charge in [-0.25, -0.2) is 8.78 Å². The highest BCUT2D eigenvalue weighted by Gasteiger charge is 2.17. The minimum Gasteiger partial charge on any atom is -0.504 e. The summed E-state index contributed by atoms with van der Waals surface area (Å²) in [4.78, 5) is 0. The van der Waals surface area contributed by atoms with E-state index in [1.165, 1.54) is 19.2 Å². The van der Waals surface area contributed by atoms with Gasteiger partial charge in [0.15, 0.2) is 11.5 Å². The van der Waals surface area contributed by atoms with Crippen molar-refractivity contribution in [3.63, 3.8) is 0 Å². The molecule has 0 spiro atoms. The molecular weight excluding hydrogens is 240 g/mol. The van der Waals surface area contributed by atoms with E-state index in [1.807, 2.05) is 0 Å². The first-order valence-corrected chi connectivity index (χ1v) is 4.45. The molecule has 0 saturated heterocycles. The van der Waals surface area contributed by atoms with Gasteiger partial charge in [-0.1, -0.05) is 12.1 Å². The molecule has 0 unspecified atom stereocenters. The van der Waals surface area contributed by atoms with E-state index in [9.17, 15) is 13.9 Å². The fourth-order valence-corrected chi connectivity index (χ4v) is 1.32. The molecule has 0 aromatic heterocycles. The van der Waals surface area contributed by atoms with Crippen molar-refractivity contribution in [1.82, 2.24) is 0 Å². The number of aromatic hydroxyl groups is 1. The van der Waals surface area contributed by atoms with Gasteiger partial charge in [-0.15, -0.1) is 12.4 Å². The van der Waals surface area contributed by atoms with Crippen LogP contribution in [0, 0.1) is 0 Å². The molecular formula is C10H14ClF2NO2. The van der Waals surface area contributed by atoms with Gasteiger partial charge in [0, 0.05) is 18.0 Å². The summed E-state index contributed by atoms with van der Waals surface area (Å²) in [5.74, 6) is 0.0605. The molecule has 0 fully saturated rings. The second kappa shape index (κ2) is 6.50. The van der Waals surface area contributed by atoms with Crippen molar-refractivity contribution >= 4 is 12.4 Å². The van der Waals surface area contributed by atoms with Gasteiger partial charge in [0.2, 0.25) is 6.43 Å². The Morgan fingerprint density at radius 3 is 2.56 bits per heavy atom. The Kier molecular flexibility index (Phi) is 6.06. The van der Waals surface area contributed by atoms with E-state index in [0.29, 0.717) is 0 Å². The monoisotopic (exact) mass is 253 g/mol. The summed E-state index contributed by atoms with van der Waals surface area (Å²) in [6.07, 6.45) is -2.98. The standard InChI is InChI=1S/C10H13F2NO2.ClH/c1-15-8-4-2-3-6(10(8)14)7(13)5-9(11)12;/h2-4,7,9,14H,5,13H2,1H3;1H/t7-;/m0./s1. The zero-order chi connectivity index (χ0) is 11.4. The molecule has 0 bridgehead atoms. The lowest BCUT2D eigenvalue weighted by Crippen LogP contribution is -2.14. The molecule has 1 aromatic rings. The number of ether oxygens (including phenoxy) is 1. The number of alkyl halides is 2. The molecule has 0 aliphatic heterocycles. The number of methoxy groups -OCH3 is 1. The van der Waals surface area contributed by atoms with Crippen molar-refractivity contribution in [1.29, 1.82) is 0 Å². The summed E-state index contributed by atoms with van der Waals surface area (Å²) in [6.45, 7) is 0. The van der Waals surface area contributed by atoms with Crippen molar-refractivity contribution < 1.29 is 18.6 Å². The fourth-order valence-electron chi connectivity index (χ4n) is 1.32. The number of nitrogens with two attached hydrogens (primary N) is 1. The number of para-hydroxylation sites is 1. The third kappa shape index (κ3) is 3.50. The predicted octanol–water partition coefficient (Wildman–Crippen LogP) is 2.48. The van der Waals surface area contributed by atoms with Gasteiger partial charge < -0.3 is 15.6 Å². The van der Waals surface area contributed by atoms with Crippen LogP contribution in [0.2, 0.25) is 0 Å². The van der Waals surface area contributed by atoms with Gasteiger partial charge in [0.25, 0.3) is 0 Å². The first-order chi connectivity index (χ1) is 7.06. The van der Waals surface area contributed by atoms with Gasteiger partial charge >= 0.3 is 0 Å². The first-order valence-electron chi connectivity index (χ1n) is 4.45. The van der Waals surface area contributed by atoms with Crippen molar-refractivity contribution in [3.05, 3.63) is 23.8 Å².